The molecule has 6 atom stereocenters. The van der Waals surface area contributed by atoms with Crippen LogP contribution in [0, 0.1) is 0 Å². The van der Waals surface area contributed by atoms with E-state index in [1.54, 1.807) is 0 Å². The van der Waals surface area contributed by atoms with Gasteiger partial charge in [-0.1, -0.05) is 0 Å². The maximum Gasteiger partial charge on any atom is 0.171 e. The third-order valence-electron chi connectivity index (χ3n) is 2.94. The summed E-state index contributed by atoms with van der Waals surface area (Å²) in [6.07, 6.45) is -5.21. The molecule has 0 spiro atoms. The quantitative estimate of drug-likeness (QED) is 0.237. The highest BCUT2D eigenvalue weighted by molar-refractivity contribution is 5.12. The Hall–Kier alpha value is -0.240. The monoisotopic (exact) mass is 191 g/mol. The lowest BCUT2D eigenvalue weighted by atomic mass is 9.93. The van der Waals surface area contributed by atoms with Gasteiger partial charge in [0.2, 0.25) is 0 Å². The zero-order valence-electron chi connectivity index (χ0n) is 6.83. The van der Waals surface area contributed by atoms with Gasteiger partial charge in [0.15, 0.2) is 5.72 Å². The lowest BCUT2D eigenvalue weighted by Gasteiger charge is -2.41. The lowest BCUT2D eigenvalue weighted by Crippen LogP contribution is -2.69. The first-order valence-corrected chi connectivity index (χ1v) is 4.19. The Morgan fingerprint density at radius 2 is 1.69 bits per heavy atom. The third-order valence-corrected chi connectivity index (χ3v) is 2.94. The number of nitrogens with one attached hydrogen (secondary N) is 1. The molecule has 6 nitrogen and oxygen atoms in total. The number of hydrogen-bond acceptors (Lipinski definition) is 6. The van der Waals surface area contributed by atoms with Crippen molar-refractivity contribution in [1.82, 2.24) is 5.32 Å². The minimum absolute atomic E-state index is 0.117. The Kier molecular flexibility index (Phi) is 1.88. The predicted octanol–water partition coefficient (Wildman–Crippen LogP) is -3.51. The van der Waals surface area contributed by atoms with Crippen LogP contribution in [0.25, 0.3) is 0 Å². The van der Waals surface area contributed by atoms with Gasteiger partial charge in [0.05, 0.1) is 6.10 Å². The second-order valence-corrected chi connectivity index (χ2v) is 3.75. The second kappa shape index (κ2) is 2.63. The fraction of sp³-hybridized carbons (Fsp3) is 1.00. The van der Waals surface area contributed by atoms with Crippen molar-refractivity contribution in [1.29, 1.82) is 0 Å². The molecule has 6 N–H and O–H groups in total. The average molecular weight is 191 g/mol. The standard InChI is InChI=1S/C7H13NO5/c9-3-1-2-4(10)5(11)6(12)7(3,13)8-2/h2-6,8-13H,1H2/t2-,3+,4-,5+,6-,7-/m1/s1. The molecule has 2 rings (SSSR count). The van der Waals surface area contributed by atoms with E-state index in [-0.39, 0.29) is 6.42 Å². The first-order chi connectivity index (χ1) is 5.97. The molecule has 2 saturated heterocycles. The van der Waals surface area contributed by atoms with E-state index in [1.807, 2.05) is 0 Å². The van der Waals surface area contributed by atoms with E-state index < -0.39 is 36.2 Å². The van der Waals surface area contributed by atoms with Gasteiger partial charge in [0.1, 0.15) is 18.3 Å². The number of fused-ring (bicyclic) bond motifs is 2. The molecule has 2 fully saturated rings. The van der Waals surface area contributed by atoms with Gasteiger partial charge in [-0.3, -0.25) is 5.32 Å². The summed E-state index contributed by atoms with van der Waals surface area (Å²) in [6, 6.07) is -0.571. The topological polar surface area (TPSA) is 113 Å². The molecular formula is C7H13NO5. The van der Waals surface area contributed by atoms with Gasteiger partial charge in [-0.25, -0.2) is 0 Å². The summed E-state index contributed by atoms with van der Waals surface area (Å²) in [5.41, 5.74) is -1.89. The summed E-state index contributed by atoms with van der Waals surface area (Å²) in [7, 11) is 0. The average Bonchev–Trinajstić information content (AvgIpc) is 2.37. The van der Waals surface area contributed by atoms with Gasteiger partial charge in [0.25, 0.3) is 0 Å². The Morgan fingerprint density at radius 1 is 1.08 bits per heavy atom. The van der Waals surface area contributed by atoms with Crippen molar-refractivity contribution < 1.29 is 25.5 Å². The third kappa shape index (κ3) is 1.04. The number of aliphatic hydroxyl groups is 5. The molecular weight excluding hydrogens is 178 g/mol. The predicted molar refractivity (Wildman–Crippen MR) is 40.5 cm³/mol. The van der Waals surface area contributed by atoms with Crippen LogP contribution in [0.15, 0.2) is 0 Å². The van der Waals surface area contributed by atoms with Crippen LogP contribution in [-0.4, -0.2) is 61.7 Å². The first-order valence-electron chi connectivity index (χ1n) is 4.19. The minimum atomic E-state index is -1.89. The number of aliphatic hydroxyl groups excluding tert-OH is 4. The molecule has 0 unspecified atom stereocenters. The van der Waals surface area contributed by atoms with Crippen LogP contribution < -0.4 is 5.32 Å². The number of hydrogen-bond donors (Lipinski definition) is 6. The van der Waals surface area contributed by atoms with Gasteiger partial charge in [0, 0.05) is 6.04 Å². The summed E-state index contributed by atoms with van der Waals surface area (Å²) in [5.74, 6) is 0. The van der Waals surface area contributed by atoms with Gasteiger partial charge in [-0.2, -0.15) is 0 Å². The maximum absolute atomic E-state index is 9.66. The first kappa shape index (κ1) is 9.32. The highest BCUT2D eigenvalue weighted by Crippen LogP contribution is 2.34. The van der Waals surface area contributed by atoms with Crippen LogP contribution in [0.1, 0.15) is 6.42 Å². The molecule has 6 heteroatoms. The summed E-state index contributed by atoms with van der Waals surface area (Å²) >= 11 is 0. The molecule has 0 amide bonds. The van der Waals surface area contributed by atoms with Crippen LogP contribution in [-0.2, 0) is 0 Å². The van der Waals surface area contributed by atoms with Gasteiger partial charge in [-0.15, -0.1) is 0 Å². The lowest BCUT2D eigenvalue weighted by molar-refractivity contribution is -0.210. The number of rotatable bonds is 0. The molecule has 2 bridgehead atoms. The Bertz CT molecular complexity index is 223. The zero-order chi connectivity index (χ0) is 9.80. The molecule has 2 aliphatic heterocycles. The van der Waals surface area contributed by atoms with E-state index in [0.29, 0.717) is 0 Å². The number of piperidine rings is 1. The molecule has 2 aliphatic rings. The van der Waals surface area contributed by atoms with Gasteiger partial charge in [-0.05, 0) is 6.42 Å². The maximum atomic E-state index is 9.66. The molecule has 0 radical (unpaired) electrons. The van der Waals surface area contributed by atoms with Gasteiger partial charge >= 0.3 is 0 Å². The van der Waals surface area contributed by atoms with Crippen molar-refractivity contribution in [3.63, 3.8) is 0 Å². The fourth-order valence-electron chi connectivity index (χ4n) is 2.06. The molecule has 13 heavy (non-hydrogen) atoms. The van der Waals surface area contributed by atoms with Gasteiger partial charge < -0.3 is 25.5 Å². The Morgan fingerprint density at radius 3 is 2.31 bits per heavy atom. The van der Waals surface area contributed by atoms with Crippen molar-refractivity contribution in [2.45, 2.75) is 42.6 Å². The molecule has 2 heterocycles. The second-order valence-electron chi connectivity index (χ2n) is 3.75. The van der Waals surface area contributed by atoms with E-state index in [0.717, 1.165) is 0 Å². The fourth-order valence-corrected chi connectivity index (χ4v) is 2.06. The molecule has 0 aromatic carbocycles. The van der Waals surface area contributed by atoms with E-state index in [9.17, 15) is 25.5 Å². The summed E-state index contributed by atoms with van der Waals surface area (Å²) < 4.78 is 0. The minimum Gasteiger partial charge on any atom is -0.389 e. The highest BCUT2D eigenvalue weighted by atomic mass is 16.4. The van der Waals surface area contributed by atoms with E-state index in [4.69, 9.17) is 0 Å². The van der Waals surface area contributed by atoms with Crippen molar-refractivity contribution in [3.8, 4) is 0 Å². The normalized spacial score (nSPS) is 61.2. The van der Waals surface area contributed by atoms with Crippen molar-refractivity contribution in [3.05, 3.63) is 0 Å². The van der Waals surface area contributed by atoms with Crippen molar-refractivity contribution in [2.75, 3.05) is 0 Å². The molecule has 0 aromatic heterocycles. The summed E-state index contributed by atoms with van der Waals surface area (Å²) in [5, 5.41) is 49.6. The largest absolute Gasteiger partial charge is 0.389 e. The van der Waals surface area contributed by atoms with E-state index in [1.165, 1.54) is 0 Å². The van der Waals surface area contributed by atoms with E-state index >= 15 is 0 Å². The molecule has 0 aromatic rings. The van der Waals surface area contributed by atoms with Crippen LogP contribution in [0.3, 0.4) is 0 Å². The Labute approximate surface area is 74.4 Å². The highest BCUT2D eigenvalue weighted by Gasteiger charge is 2.60. The SMILES string of the molecule is O[C@H]1[C@H](O)[C@H]2C[C@H](O)[C@](O)(N2)[C@@H]1O. The van der Waals surface area contributed by atoms with Crippen LogP contribution in [0.5, 0.6) is 0 Å². The molecule has 76 valence electrons. The molecule has 0 saturated carbocycles. The van der Waals surface area contributed by atoms with Crippen LogP contribution >= 0.6 is 0 Å². The van der Waals surface area contributed by atoms with Crippen molar-refractivity contribution >= 4 is 0 Å². The smallest absolute Gasteiger partial charge is 0.171 e. The van der Waals surface area contributed by atoms with Crippen LogP contribution in [0.2, 0.25) is 0 Å². The zero-order valence-corrected chi connectivity index (χ0v) is 6.83. The van der Waals surface area contributed by atoms with Crippen molar-refractivity contribution in [2.24, 2.45) is 0 Å². The summed E-state index contributed by atoms with van der Waals surface area (Å²) in [6.45, 7) is 0. The van der Waals surface area contributed by atoms with Crippen LogP contribution in [0.4, 0.5) is 0 Å². The molecule has 0 aliphatic carbocycles. The van der Waals surface area contributed by atoms with E-state index in [2.05, 4.69) is 5.32 Å². The summed E-state index contributed by atoms with van der Waals surface area (Å²) in [4.78, 5) is 0. The Balaban J connectivity index is 2.31.